The molecule has 0 aliphatic rings. The monoisotopic (exact) mass is 264 g/mol. The second-order valence-corrected chi connectivity index (χ2v) is 4.73. The van der Waals surface area contributed by atoms with E-state index in [1.54, 1.807) is 24.3 Å². The predicted octanol–water partition coefficient (Wildman–Crippen LogP) is 2.12. The van der Waals surface area contributed by atoms with Gasteiger partial charge in [-0.2, -0.15) is 0 Å². The van der Waals surface area contributed by atoms with Crippen LogP contribution in [0.1, 0.15) is 37.0 Å². The van der Waals surface area contributed by atoms with Gasteiger partial charge in [0.05, 0.1) is 18.4 Å². The minimum absolute atomic E-state index is 0.139. The maximum Gasteiger partial charge on any atom is 0.337 e. The third-order valence-electron chi connectivity index (χ3n) is 2.77. The molecule has 0 radical (unpaired) electrons. The van der Waals surface area contributed by atoms with Crippen molar-refractivity contribution >= 4 is 17.6 Å². The van der Waals surface area contributed by atoms with Crippen LogP contribution < -0.4 is 10.9 Å². The lowest BCUT2D eigenvalue weighted by atomic mass is 10.1. The third-order valence-corrected chi connectivity index (χ3v) is 2.77. The van der Waals surface area contributed by atoms with E-state index in [1.165, 1.54) is 7.11 Å². The maximum absolute atomic E-state index is 11.8. The standard InChI is InChI=1S/C14H20N2O3/c1-10(2)4-9-13(17)16(15)12-7-5-11(6-8-12)14(18)19-3/h5-8,10H,4,9,15H2,1-3H3. The van der Waals surface area contributed by atoms with E-state index in [0.717, 1.165) is 11.4 Å². The number of nitrogens with two attached hydrogens (primary N) is 1. The molecule has 0 atom stereocenters. The van der Waals surface area contributed by atoms with Crippen LogP contribution >= 0.6 is 0 Å². The molecule has 5 heteroatoms. The summed E-state index contributed by atoms with van der Waals surface area (Å²) in [7, 11) is 1.32. The smallest absolute Gasteiger partial charge is 0.337 e. The molecule has 19 heavy (non-hydrogen) atoms. The van der Waals surface area contributed by atoms with Gasteiger partial charge in [-0.3, -0.25) is 4.79 Å². The zero-order valence-electron chi connectivity index (χ0n) is 11.6. The number of hydrazine groups is 1. The van der Waals surface area contributed by atoms with Gasteiger partial charge in [0, 0.05) is 6.42 Å². The van der Waals surface area contributed by atoms with Crippen LogP contribution in [0, 0.1) is 5.92 Å². The van der Waals surface area contributed by atoms with E-state index < -0.39 is 5.97 Å². The van der Waals surface area contributed by atoms with E-state index in [-0.39, 0.29) is 5.91 Å². The fourth-order valence-electron chi connectivity index (χ4n) is 1.55. The highest BCUT2D eigenvalue weighted by atomic mass is 16.5. The van der Waals surface area contributed by atoms with E-state index in [1.807, 2.05) is 0 Å². The van der Waals surface area contributed by atoms with E-state index >= 15 is 0 Å². The van der Waals surface area contributed by atoms with E-state index in [0.29, 0.717) is 23.6 Å². The fraction of sp³-hybridized carbons (Fsp3) is 0.429. The van der Waals surface area contributed by atoms with Crippen LogP contribution in [0.3, 0.4) is 0 Å². The zero-order chi connectivity index (χ0) is 14.4. The number of methoxy groups -OCH3 is 1. The molecular weight excluding hydrogens is 244 g/mol. The molecule has 1 aromatic carbocycles. The van der Waals surface area contributed by atoms with Crippen LogP contribution in [0.4, 0.5) is 5.69 Å². The van der Waals surface area contributed by atoms with Crippen LogP contribution in [0.5, 0.6) is 0 Å². The number of nitrogens with zero attached hydrogens (tertiary/aromatic N) is 1. The minimum atomic E-state index is -0.416. The quantitative estimate of drug-likeness (QED) is 0.382. The Bertz CT molecular complexity index is 441. The molecule has 0 spiro atoms. The van der Waals surface area contributed by atoms with Crippen LogP contribution in [0.15, 0.2) is 24.3 Å². The van der Waals surface area contributed by atoms with Gasteiger partial charge in [0.1, 0.15) is 0 Å². The SMILES string of the molecule is COC(=O)c1ccc(N(N)C(=O)CCC(C)C)cc1. The summed E-state index contributed by atoms with van der Waals surface area (Å²) in [6.45, 7) is 4.11. The Balaban J connectivity index is 2.69. The van der Waals surface area contributed by atoms with Crippen LogP contribution in [-0.2, 0) is 9.53 Å². The number of esters is 1. The lowest BCUT2D eigenvalue weighted by molar-refractivity contribution is -0.118. The van der Waals surface area contributed by atoms with Gasteiger partial charge in [0.15, 0.2) is 0 Å². The first-order valence-corrected chi connectivity index (χ1v) is 6.21. The van der Waals surface area contributed by atoms with Crippen molar-refractivity contribution in [1.82, 2.24) is 0 Å². The van der Waals surface area contributed by atoms with Gasteiger partial charge >= 0.3 is 5.97 Å². The van der Waals surface area contributed by atoms with Crippen molar-refractivity contribution in [2.45, 2.75) is 26.7 Å². The number of anilines is 1. The first-order chi connectivity index (χ1) is 8.95. The molecule has 1 amide bonds. The van der Waals surface area contributed by atoms with Gasteiger partial charge in [-0.1, -0.05) is 13.8 Å². The largest absolute Gasteiger partial charge is 0.465 e. The zero-order valence-corrected chi connectivity index (χ0v) is 11.6. The van der Waals surface area contributed by atoms with Crippen LogP contribution in [0.25, 0.3) is 0 Å². The van der Waals surface area contributed by atoms with Crippen molar-refractivity contribution in [1.29, 1.82) is 0 Å². The molecule has 0 aliphatic heterocycles. The summed E-state index contributed by atoms with van der Waals surface area (Å²) in [5.74, 6) is 5.65. The number of rotatable bonds is 5. The summed E-state index contributed by atoms with van der Waals surface area (Å²) in [5, 5.41) is 1.11. The number of hydrogen-bond donors (Lipinski definition) is 1. The van der Waals surface area contributed by atoms with Crippen molar-refractivity contribution in [3.05, 3.63) is 29.8 Å². The summed E-state index contributed by atoms with van der Waals surface area (Å²) in [4.78, 5) is 23.1. The lowest BCUT2D eigenvalue weighted by Crippen LogP contribution is -2.37. The van der Waals surface area contributed by atoms with Crippen molar-refractivity contribution in [3.8, 4) is 0 Å². The number of hydrogen-bond acceptors (Lipinski definition) is 4. The molecular formula is C14H20N2O3. The van der Waals surface area contributed by atoms with Gasteiger partial charge in [-0.15, -0.1) is 0 Å². The molecule has 0 aromatic heterocycles. The highest BCUT2D eigenvalue weighted by Gasteiger charge is 2.13. The van der Waals surface area contributed by atoms with Gasteiger partial charge in [-0.05, 0) is 36.6 Å². The predicted molar refractivity (Wildman–Crippen MR) is 73.5 cm³/mol. The molecule has 5 nitrogen and oxygen atoms in total. The van der Waals surface area contributed by atoms with Crippen LogP contribution in [-0.4, -0.2) is 19.0 Å². The topological polar surface area (TPSA) is 72.6 Å². The molecule has 0 saturated heterocycles. The van der Waals surface area contributed by atoms with Gasteiger partial charge in [0.2, 0.25) is 5.91 Å². The van der Waals surface area contributed by atoms with E-state index in [9.17, 15) is 9.59 Å². The number of amides is 1. The molecule has 0 heterocycles. The summed E-state index contributed by atoms with van der Waals surface area (Å²) >= 11 is 0. The van der Waals surface area contributed by atoms with E-state index in [4.69, 9.17) is 5.84 Å². The van der Waals surface area contributed by atoms with Gasteiger partial charge in [-0.25, -0.2) is 15.6 Å². The fourth-order valence-corrected chi connectivity index (χ4v) is 1.55. The molecule has 104 valence electrons. The van der Waals surface area contributed by atoms with Crippen molar-refractivity contribution in [3.63, 3.8) is 0 Å². The second kappa shape index (κ2) is 6.89. The van der Waals surface area contributed by atoms with E-state index in [2.05, 4.69) is 18.6 Å². The third kappa shape index (κ3) is 4.37. The highest BCUT2D eigenvalue weighted by molar-refractivity contribution is 5.93. The summed E-state index contributed by atoms with van der Waals surface area (Å²) in [6.07, 6.45) is 1.21. The molecule has 0 bridgehead atoms. The molecule has 0 aliphatic carbocycles. The average molecular weight is 264 g/mol. The lowest BCUT2D eigenvalue weighted by Gasteiger charge is -2.17. The maximum atomic E-state index is 11.8. The Morgan fingerprint density at radius 3 is 2.32 bits per heavy atom. The Kier molecular flexibility index (Phi) is 5.51. The summed E-state index contributed by atoms with van der Waals surface area (Å²) in [5.41, 5.74) is 0.982. The summed E-state index contributed by atoms with van der Waals surface area (Å²) < 4.78 is 4.60. The van der Waals surface area contributed by atoms with Crippen LogP contribution in [0.2, 0.25) is 0 Å². The Labute approximate surface area is 113 Å². The van der Waals surface area contributed by atoms with Crippen molar-refractivity contribution in [2.24, 2.45) is 11.8 Å². The van der Waals surface area contributed by atoms with Gasteiger partial charge in [0.25, 0.3) is 0 Å². The number of benzene rings is 1. The molecule has 2 N–H and O–H groups in total. The minimum Gasteiger partial charge on any atom is -0.465 e. The van der Waals surface area contributed by atoms with Gasteiger partial charge < -0.3 is 4.74 Å². The summed E-state index contributed by atoms with van der Waals surface area (Å²) in [6, 6.07) is 6.41. The molecule has 0 fully saturated rings. The first kappa shape index (κ1) is 15.2. The Hall–Kier alpha value is -1.88. The average Bonchev–Trinajstić information content (AvgIpc) is 2.43. The van der Waals surface area contributed by atoms with Crippen molar-refractivity contribution < 1.29 is 14.3 Å². The number of ether oxygens (including phenoxy) is 1. The second-order valence-electron chi connectivity index (χ2n) is 4.73. The molecule has 0 unspecified atom stereocenters. The first-order valence-electron chi connectivity index (χ1n) is 6.21. The molecule has 1 rings (SSSR count). The normalized spacial score (nSPS) is 10.4. The molecule has 0 saturated carbocycles. The van der Waals surface area contributed by atoms with Crippen molar-refractivity contribution in [2.75, 3.05) is 12.1 Å². The Morgan fingerprint density at radius 2 is 1.84 bits per heavy atom. The number of carbonyl (C=O) groups excluding carboxylic acids is 2. The Morgan fingerprint density at radius 1 is 1.26 bits per heavy atom. The highest BCUT2D eigenvalue weighted by Crippen LogP contribution is 2.15. The number of carbonyl (C=O) groups is 2. The molecule has 1 aromatic rings.